The monoisotopic (exact) mass is 571 g/mol. The highest BCUT2D eigenvalue weighted by Gasteiger charge is 2.36. The van der Waals surface area contributed by atoms with E-state index in [9.17, 15) is 18.0 Å². The molecule has 1 saturated heterocycles. The van der Waals surface area contributed by atoms with Crippen LogP contribution in [0.4, 0.5) is 0 Å². The minimum atomic E-state index is -3.72. The molecular weight excluding hydrogens is 543 g/mol. The number of amides is 1. The molecule has 9 nitrogen and oxygen atoms in total. The van der Waals surface area contributed by atoms with Gasteiger partial charge in [-0.3, -0.25) is 14.5 Å². The van der Waals surface area contributed by atoms with Gasteiger partial charge in [-0.05, 0) is 56.7 Å². The predicted octanol–water partition coefficient (Wildman–Crippen LogP) is 3.15. The summed E-state index contributed by atoms with van der Waals surface area (Å²) in [6.07, 6.45) is 0. The van der Waals surface area contributed by atoms with Crippen molar-refractivity contribution in [3.8, 4) is 10.4 Å². The summed E-state index contributed by atoms with van der Waals surface area (Å²) in [6, 6.07) is 11.9. The zero-order valence-electron chi connectivity index (χ0n) is 21.3. The van der Waals surface area contributed by atoms with E-state index in [1.54, 1.807) is 29.5 Å². The van der Waals surface area contributed by atoms with Crippen LogP contribution in [0.15, 0.2) is 52.2 Å². The Hall–Kier alpha value is -2.90. The van der Waals surface area contributed by atoms with Gasteiger partial charge < -0.3 is 15.6 Å². The van der Waals surface area contributed by atoms with E-state index in [-0.39, 0.29) is 28.3 Å². The summed E-state index contributed by atoms with van der Waals surface area (Å²) >= 11 is 2.59. The van der Waals surface area contributed by atoms with Crippen LogP contribution < -0.4 is 15.5 Å². The zero-order chi connectivity index (χ0) is 27.0. The van der Waals surface area contributed by atoms with Crippen molar-refractivity contribution >= 4 is 48.6 Å². The van der Waals surface area contributed by atoms with E-state index in [1.165, 1.54) is 6.07 Å². The van der Waals surface area contributed by atoms with Crippen molar-refractivity contribution in [2.75, 3.05) is 26.2 Å². The van der Waals surface area contributed by atoms with Gasteiger partial charge in [0.05, 0.1) is 30.7 Å². The molecule has 12 heteroatoms. The highest BCUT2D eigenvalue weighted by molar-refractivity contribution is 7.92. The molecule has 0 bridgehead atoms. The summed E-state index contributed by atoms with van der Waals surface area (Å²) in [5, 5.41) is 6.41. The van der Waals surface area contributed by atoms with Crippen LogP contribution in [0.1, 0.15) is 28.0 Å². The summed E-state index contributed by atoms with van der Waals surface area (Å²) in [7, 11) is -3.72. The number of sulfone groups is 1. The molecule has 200 valence electrons. The standard InChI is InChI=1S/C26H29N5O4S3/c1-15(28-25(32)19-6-4-5-18(11-19)24-16(2)29-17(3)36-24)14-31-10-9-27-13-23(31)38(34,35)20-7-8-21-22(12-20)37-26(33)30-21/h4-8,11-12,15,23,27H,9-10,13-14H2,1-3H3,(H,28,32)(H,30,33). The van der Waals surface area contributed by atoms with Crippen LogP contribution in [-0.4, -0.2) is 66.8 Å². The summed E-state index contributed by atoms with van der Waals surface area (Å²) in [4.78, 5) is 34.9. The van der Waals surface area contributed by atoms with Crippen LogP contribution in [0.25, 0.3) is 20.7 Å². The Bertz CT molecular complexity index is 1660. The van der Waals surface area contributed by atoms with Gasteiger partial charge in [-0.2, -0.15) is 0 Å². The number of hydrogen-bond donors (Lipinski definition) is 3. The average molecular weight is 572 g/mol. The summed E-state index contributed by atoms with van der Waals surface area (Å²) in [6.45, 7) is 7.65. The van der Waals surface area contributed by atoms with Crippen molar-refractivity contribution in [1.29, 1.82) is 0 Å². The van der Waals surface area contributed by atoms with Gasteiger partial charge in [-0.15, -0.1) is 11.3 Å². The number of carbonyl (C=O) groups excluding carboxylic acids is 1. The molecule has 2 aromatic carbocycles. The Kier molecular flexibility index (Phi) is 7.51. The van der Waals surface area contributed by atoms with E-state index in [1.807, 2.05) is 43.9 Å². The third-order valence-corrected chi connectivity index (χ3v) is 10.6. The lowest BCUT2D eigenvalue weighted by molar-refractivity contribution is 0.0923. The van der Waals surface area contributed by atoms with Crippen LogP contribution in [0.3, 0.4) is 0 Å². The average Bonchev–Trinajstić information content (AvgIpc) is 3.43. The number of H-pyrrole nitrogens is 1. The molecule has 0 aliphatic carbocycles. The fourth-order valence-electron chi connectivity index (χ4n) is 4.80. The number of aromatic amines is 1. The molecular formula is C26H29N5O4S3. The molecule has 1 amide bonds. The number of aryl methyl sites for hydroxylation is 2. The molecule has 3 N–H and O–H groups in total. The Balaban J connectivity index is 1.30. The number of nitrogens with one attached hydrogen (secondary N) is 3. The number of thiazole rings is 2. The first kappa shape index (κ1) is 26.7. The molecule has 1 aliphatic rings. The van der Waals surface area contributed by atoms with Gasteiger partial charge in [0.15, 0.2) is 9.84 Å². The SMILES string of the molecule is Cc1nc(C)c(-c2cccc(C(=O)NC(C)CN3CCNCC3S(=O)(=O)c3ccc4[nH]c(=O)sc4c3)c2)s1. The Labute approximate surface area is 228 Å². The van der Waals surface area contributed by atoms with E-state index in [0.717, 1.165) is 32.5 Å². The number of rotatable bonds is 7. The first-order chi connectivity index (χ1) is 18.1. The minimum Gasteiger partial charge on any atom is -0.348 e. The van der Waals surface area contributed by atoms with E-state index in [4.69, 9.17) is 0 Å². The second kappa shape index (κ2) is 10.7. The summed E-state index contributed by atoms with van der Waals surface area (Å²) in [5.41, 5.74) is 3.06. The molecule has 1 fully saturated rings. The maximum absolute atomic E-state index is 13.6. The van der Waals surface area contributed by atoms with Crippen molar-refractivity contribution in [1.82, 2.24) is 25.5 Å². The first-order valence-electron chi connectivity index (χ1n) is 12.3. The van der Waals surface area contributed by atoms with Crippen LogP contribution in [0.5, 0.6) is 0 Å². The van der Waals surface area contributed by atoms with Crippen LogP contribution in [0.2, 0.25) is 0 Å². The van der Waals surface area contributed by atoms with Crippen molar-refractivity contribution in [2.24, 2.45) is 0 Å². The molecule has 0 radical (unpaired) electrons. The first-order valence-corrected chi connectivity index (χ1v) is 15.5. The topological polar surface area (TPSA) is 124 Å². The Morgan fingerprint density at radius 2 is 2.03 bits per heavy atom. The predicted molar refractivity (Wildman–Crippen MR) is 152 cm³/mol. The smallest absolute Gasteiger partial charge is 0.305 e. The maximum atomic E-state index is 13.6. The molecule has 1 aliphatic heterocycles. The van der Waals surface area contributed by atoms with Crippen LogP contribution in [-0.2, 0) is 9.84 Å². The molecule has 0 spiro atoms. The molecule has 38 heavy (non-hydrogen) atoms. The lowest BCUT2D eigenvalue weighted by atomic mass is 10.1. The second-order valence-corrected chi connectivity index (χ2v) is 13.8. The van der Waals surface area contributed by atoms with Crippen molar-refractivity contribution in [3.05, 3.63) is 68.4 Å². The lowest BCUT2D eigenvalue weighted by Crippen LogP contribution is -2.57. The van der Waals surface area contributed by atoms with Crippen molar-refractivity contribution in [3.63, 3.8) is 0 Å². The quantitative estimate of drug-likeness (QED) is 0.311. The number of benzene rings is 2. The van der Waals surface area contributed by atoms with Gasteiger partial charge in [0.1, 0.15) is 5.37 Å². The lowest BCUT2D eigenvalue weighted by Gasteiger charge is -2.37. The molecule has 5 rings (SSSR count). The number of aromatic nitrogens is 2. The third-order valence-electron chi connectivity index (χ3n) is 6.56. The van der Waals surface area contributed by atoms with E-state index >= 15 is 0 Å². The highest BCUT2D eigenvalue weighted by atomic mass is 32.2. The molecule has 2 aromatic heterocycles. The van der Waals surface area contributed by atoms with E-state index in [0.29, 0.717) is 35.4 Å². The number of nitrogens with zero attached hydrogens (tertiary/aromatic N) is 2. The molecule has 3 heterocycles. The fourth-order valence-corrected chi connectivity index (χ4v) is 8.34. The Morgan fingerprint density at radius 3 is 2.79 bits per heavy atom. The van der Waals surface area contributed by atoms with Gasteiger partial charge in [-0.1, -0.05) is 23.5 Å². The number of fused-ring (bicyclic) bond motifs is 1. The summed E-state index contributed by atoms with van der Waals surface area (Å²) < 4.78 is 27.8. The third kappa shape index (κ3) is 5.45. The van der Waals surface area contributed by atoms with Crippen LogP contribution >= 0.6 is 22.7 Å². The molecule has 2 atom stereocenters. The highest BCUT2D eigenvalue weighted by Crippen LogP contribution is 2.30. The van der Waals surface area contributed by atoms with Gasteiger partial charge in [0.2, 0.25) is 0 Å². The normalized spacial score (nSPS) is 17.5. The van der Waals surface area contributed by atoms with Gasteiger partial charge >= 0.3 is 4.87 Å². The Morgan fingerprint density at radius 1 is 1.21 bits per heavy atom. The molecule has 2 unspecified atom stereocenters. The number of hydrogen-bond acceptors (Lipinski definition) is 9. The fraction of sp³-hybridized carbons (Fsp3) is 0.346. The number of carbonyl (C=O) groups is 1. The molecule has 0 saturated carbocycles. The maximum Gasteiger partial charge on any atom is 0.305 e. The van der Waals surface area contributed by atoms with E-state index in [2.05, 4.69) is 20.6 Å². The molecule has 4 aromatic rings. The van der Waals surface area contributed by atoms with Crippen molar-refractivity contribution in [2.45, 2.75) is 37.1 Å². The zero-order valence-corrected chi connectivity index (χ0v) is 23.7. The van der Waals surface area contributed by atoms with Gasteiger partial charge in [-0.25, -0.2) is 13.4 Å². The minimum absolute atomic E-state index is 0.182. The number of piperazine rings is 1. The second-order valence-electron chi connectivity index (χ2n) is 9.47. The van der Waals surface area contributed by atoms with E-state index < -0.39 is 15.2 Å². The van der Waals surface area contributed by atoms with Gasteiger partial charge in [0, 0.05) is 37.8 Å². The van der Waals surface area contributed by atoms with Gasteiger partial charge in [0.25, 0.3) is 5.91 Å². The summed E-state index contributed by atoms with van der Waals surface area (Å²) in [5.74, 6) is -0.208. The van der Waals surface area contributed by atoms with Crippen molar-refractivity contribution < 1.29 is 13.2 Å². The largest absolute Gasteiger partial charge is 0.348 e. The van der Waals surface area contributed by atoms with Crippen LogP contribution in [0, 0.1) is 13.8 Å².